The summed E-state index contributed by atoms with van der Waals surface area (Å²) in [6, 6.07) is 13.6. The number of nitrogens with zero attached hydrogens (tertiary/aromatic N) is 1. The number of benzene rings is 1. The van der Waals surface area contributed by atoms with Gasteiger partial charge in [0.05, 0.1) is 0 Å². The molecule has 1 aromatic carbocycles. The minimum Gasteiger partial charge on any atom is -0.354 e. The molecule has 0 aliphatic heterocycles. The van der Waals surface area contributed by atoms with E-state index in [9.17, 15) is 0 Å². The molecule has 1 aliphatic carbocycles. The average Bonchev–Trinajstić information content (AvgIpc) is 3.18. The van der Waals surface area contributed by atoms with Crippen molar-refractivity contribution in [3.05, 3.63) is 59.9 Å². The maximum atomic E-state index is 3.74. The lowest BCUT2D eigenvalue weighted by molar-refractivity contribution is 0.480. The zero-order valence-electron chi connectivity index (χ0n) is 11.5. The third kappa shape index (κ3) is 3.07. The molecule has 1 saturated carbocycles. The van der Waals surface area contributed by atoms with Crippen molar-refractivity contribution >= 4 is 0 Å². The van der Waals surface area contributed by atoms with E-state index in [0.29, 0.717) is 6.04 Å². The molecule has 1 N–H and O–H groups in total. The minimum absolute atomic E-state index is 0.520. The summed E-state index contributed by atoms with van der Waals surface area (Å²) in [5.41, 5.74) is 2.81. The Balaban J connectivity index is 1.65. The monoisotopic (exact) mass is 254 g/mol. The van der Waals surface area contributed by atoms with Crippen molar-refractivity contribution in [3.63, 3.8) is 0 Å². The van der Waals surface area contributed by atoms with Gasteiger partial charge in [-0.25, -0.2) is 0 Å². The van der Waals surface area contributed by atoms with E-state index in [1.807, 2.05) is 0 Å². The number of aromatic nitrogens is 1. The highest BCUT2D eigenvalue weighted by atomic mass is 15.0. The zero-order valence-corrected chi connectivity index (χ0v) is 11.5. The third-order valence-corrected chi connectivity index (χ3v) is 3.96. The van der Waals surface area contributed by atoms with Crippen molar-refractivity contribution in [1.82, 2.24) is 9.88 Å². The van der Waals surface area contributed by atoms with Crippen LogP contribution >= 0.6 is 0 Å². The van der Waals surface area contributed by atoms with Gasteiger partial charge in [0.15, 0.2) is 0 Å². The minimum atomic E-state index is 0.520. The van der Waals surface area contributed by atoms with Gasteiger partial charge in [0.25, 0.3) is 0 Å². The van der Waals surface area contributed by atoms with Crippen molar-refractivity contribution in [2.24, 2.45) is 5.92 Å². The maximum absolute atomic E-state index is 3.74. The average molecular weight is 254 g/mol. The molecular weight excluding hydrogens is 232 g/mol. The van der Waals surface area contributed by atoms with Gasteiger partial charge >= 0.3 is 0 Å². The first-order valence-corrected chi connectivity index (χ1v) is 7.30. The van der Waals surface area contributed by atoms with Gasteiger partial charge in [0.2, 0.25) is 0 Å². The van der Waals surface area contributed by atoms with E-state index < -0.39 is 0 Å². The molecule has 2 aromatic rings. The van der Waals surface area contributed by atoms with Crippen molar-refractivity contribution < 1.29 is 0 Å². The molecule has 1 aliphatic rings. The Morgan fingerprint density at radius 3 is 2.63 bits per heavy atom. The number of hydrogen-bond donors (Lipinski definition) is 1. The van der Waals surface area contributed by atoms with Crippen LogP contribution in [-0.2, 0) is 13.1 Å². The van der Waals surface area contributed by atoms with Crippen LogP contribution < -0.4 is 5.32 Å². The summed E-state index contributed by atoms with van der Waals surface area (Å²) in [6.07, 6.45) is 7.12. The lowest BCUT2D eigenvalue weighted by Gasteiger charge is -2.18. The molecule has 19 heavy (non-hydrogen) atoms. The van der Waals surface area contributed by atoms with Gasteiger partial charge in [0.1, 0.15) is 0 Å². The van der Waals surface area contributed by atoms with Crippen LogP contribution in [0, 0.1) is 5.92 Å². The Morgan fingerprint density at radius 2 is 2.00 bits per heavy atom. The van der Waals surface area contributed by atoms with E-state index >= 15 is 0 Å². The van der Waals surface area contributed by atoms with Crippen LogP contribution in [0.5, 0.6) is 0 Å². The molecule has 1 fully saturated rings. The van der Waals surface area contributed by atoms with Gasteiger partial charge in [-0.1, -0.05) is 30.3 Å². The standard InChI is InChI=1S/C17H22N2/c1-2-19-11-10-14(13-19)12-18-17(16-8-9-16)15-6-4-3-5-7-15/h3-7,10-11,13,16-18H,2,8-9,12H2,1H3. The maximum Gasteiger partial charge on any atom is 0.0351 e. The van der Waals surface area contributed by atoms with Crippen LogP contribution in [0.4, 0.5) is 0 Å². The van der Waals surface area contributed by atoms with Crippen LogP contribution in [0.2, 0.25) is 0 Å². The van der Waals surface area contributed by atoms with Crippen molar-refractivity contribution in [1.29, 1.82) is 0 Å². The smallest absolute Gasteiger partial charge is 0.0351 e. The molecule has 100 valence electrons. The molecule has 0 saturated heterocycles. The fourth-order valence-corrected chi connectivity index (χ4v) is 2.67. The molecule has 1 unspecified atom stereocenters. The molecule has 0 spiro atoms. The van der Waals surface area contributed by atoms with Crippen LogP contribution in [0.3, 0.4) is 0 Å². The Morgan fingerprint density at radius 1 is 1.21 bits per heavy atom. The second-order valence-corrected chi connectivity index (χ2v) is 5.46. The molecule has 0 bridgehead atoms. The summed E-state index contributed by atoms with van der Waals surface area (Å²) in [7, 11) is 0. The first-order chi connectivity index (χ1) is 9.36. The molecular formula is C17H22N2. The van der Waals surface area contributed by atoms with Crippen LogP contribution in [0.25, 0.3) is 0 Å². The van der Waals surface area contributed by atoms with Crippen LogP contribution in [-0.4, -0.2) is 4.57 Å². The SMILES string of the molecule is CCn1ccc(CNC(c2ccccc2)C2CC2)c1. The van der Waals surface area contributed by atoms with Gasteiger partial charge < -0.3 is 9.88 Å². The second-order valence-electron chi connectivity index (χ2n) is 5.46. The van der Waals surface area contributed by atoms with Gasteiger partial charge in [-0.3, -0.25) is 0 Å². The molecule has 0 radical (unpaired) electrons. The molecule has 3 rings (SSSR count). The quantitative estimate of drug-likeness (QED) is 0.830. The van der Waals surface area contributed by atoms with E-state index in [4.69, 9.17) is 0 Å². The largest absolute Gasteiger partial charge is 0.354 e. The number of rotatable bonds is 6. The Kier molecular flexibility index (Phi) is 3.69. The summed E-state index contributed by atoms with van der Waals surface area (Å²) < 4.78 is 2.23. The van der Waals surface area contributed by atoms with Crippen LogP contribution in [0.1, 0.15) is 36.9 Å². The predicted octanol–water partition coefficient (Wildman–Crippen LogP) is 3.75. The predicted molar refractivity (Wildman–Crippen MR) is 78.9 cm³/mol. The van der Waals surface area contributed by atoms with E-state index in [1.54, 1.807) is 0 Å². The first kappa shape index (κ1) is 12.5. The molecule has 2 nitrogen and oxygen atoms in total. The van der Waals surface area contributed by atoms with E-state index in [0.717, 1.165) is 19.0 Å². The van der Waals surface area contributed by atoms with Crippen molar-refractivity contribution in [2.75, 3.05) is 0 Å². The van der Waals surface area contributed by atoms with Crippen molar-refractivity contribution in [3.8, 4) is 0 Å². The molecule has 1 aromatic heterocycles. The van der Waals surface area contributed by atoms with Gasteiger partial charge in [-0.2, -0.15) is 0 Å². The third-order valence-electron chi connectivity index (χ3n) is 3.96. The van der Waals surface area contributed by atoms with Gasteiger partial charge in [-0.15, -0.1) is 0 Å². The van der Waals surface area contributed by atoms with E-state index in [1.165, 1.54) is 24.0 Å². The summed E-state index contributed by atoms with van der Waals surface area (Å²) in [4.78, 5) is 0. The summed E-state index contributed by atoms with van der Waals surface area (Å²) in [5, 5.41) is 3.74. The van der Waals surface area contributed by atoms with E-state index in [2.05, 4.69) is 65.6 Å². The van der Waals surface area contributed by atoms with Gasteiger partial charge in [-0.05, 0) is 42.9 Å². The highest BCUT2D eigenvalue weighted by Gasteiger charge is 2.31. The summed E-state index contributed by atoms with van der Waals surface area (Å²) in [5.74, 6) is 0.829. The Labute approximate surface area is 115 Å². The second kappa shape index (κ2) is 5.62. The highest BCUT2D eigenvalue weighted by Crippen LogP contribution is 2.41. The Hall–Kier alpha value is -1.54. The van der Waals surface area contributed by atoms with Gasteiger partial charge in [0, 0.05) is 31.5 Å². The number of aryl methyl sites for hydroxylation is 1. The number of nitrogens with one attached hydrogen (secondary N) is 1. The fourth-order valence-electron chi connectivity index (χ4n) is 2.67. The molecule has 0 amide bonds. The molecule has 2 heteroatoms. The van der Waals surface area contributed by atoms with E-state index in [-0.39, 0.29) is 0 Å². The van der Waals surface area contributed by atoms with Crippen LogP contribution in [0.15, 0.2) is 48.8 Å². The lowest BCUT2D eigenvalue weighted by atomic mass is 10.0. The highest BCUT2D eigenvalue weighted by molar-refractivity contribution is 5.21. The fraction of sp³-hybridized carbons (Fsp3) is 0.412. The Bertz CT molecular complexity index is 511. The summed E-state index contributed by atoms with van der Waals surface area (Å²) >= 11 is 0. The summed E-state index contributed by atoms with van der Waals surface area (Å²) in [6.45, 7) is 4.18. The topological polar surface area (TPSA) is 17.0 Å². The normalized spacial score (nSPS) is 16.5. The molecule has 1 heterocycles. The van der Waals surface area contributed by atoms with Crippen molar-refractivity contribution in [2.45, 2.75) is 38.9 Å². The molecule has 1 atom stereocenters. The number of hydrogen-bond acceptors (Lipinski definition) is 1. The first-order valence-electron chi connectivity index (χ1n) is 7.30. The zero-order chi connectivity index (χ0) is 13.1. The lowest BCUT2D eigenvalue weighted by Crippen LogP contribution is -2.22.